The summed E-state index contributed by atoms with van der Waals surface area (Å²) in [6.45, 7) is 6.53. The number of ether oxygens (including phenoxy) is 3. The molecule has 0 radical (unpaired) electrons. The Morgan fingerprint density at radius 3 is 0.771 bits per heavy atom. The van der Waals surface area contributed by atoms with Crippen LogP contribution in [0.25, 0.3) is 0 Å². The molecule has 0 heterocycles. The number of carbonyl (C=O) groups is 3. The fourth-order valence-corrected chi connectivity index (χ4v) is 11.0. The summed E-state index contributed by atoms with van der Waals surface area (Å²) in [5, 5.41) is 0. The van der Waals surface area contributed by atoms with Gasteiger partial charge in [0.15, 0.2) is 6.10 Å². The van der Waals surface area contributed by atoms with Crippen LogP contribution in [0.4, 0.5) is 0 Å². The molecular formula is C77H140O6. The van der Waals surface area contributed by atoms with Gasteiger partial charge in [-0.15, -0.1) is 0 Å². The van der Waals surface area contributed by atoms with Crippen molar-refractivity contribution in [2.45, 2.75) is 399 Å². The quantitative estimate of drug-likeness (QED) is 0.0261. The molecule has 0 aromatic carbocycles. The molecule has 0 N–H and O–H groups in total. The van der Waals surface area contributed by atoms with Gasteiger partial charge in [0, 0.05) is 19.3 Å². The van der Waals surface area contributed by atoms with Gasteiger partial charge in [-0.3, -0.25) is 14.4 Å². The summed E-state index contributed by atoms with van der Waals surface area (Å²) in [6.07, 6.45) is 92.8. The van der Waals surface area contributed by atoms with E-state index in [0.717, 1.165) is 103 Å². The first-order valence-corrected chi connectivity index (χ1v) is 36.8. The number of unbranched alkanes of at least 4 members (excludes halogenated alkanes) is 47. The highest BCUT2D eigenvalue weighted by atomic mass is 16.6. The lowest BCUT2D eigenvalue weighted by Crippen LogP contribution is -2.30. The minimum Gasteiger partial charge on any atom is -0.462 e. The van der Waals surface area contributed by atoms with Crippen LogP contribution in [0.3, 0.4) is 0 Å². The van der Waals surface area contributed by atoms with Crippen LogP contribution in [-0.4, -0.2) is 37.2 Å². The number of carbonyl (C=O) groups excluding carboxylic acids is 3. The van der Waals surface area contributed by atoms with E-state index >= 15 is 0 Å². The molecule has 0 spiro atoms. The average Bonchev–Trinajstić information content (AvgIpc) is 3.49. The van der Waals surface area contributed by atoms with Crippen molar-refractivity contribution in [2.24, 2.45) is 0 Å². The van der Waals surface area contributed by atoms with Gasteiger partial charge >= 0.3 is 17.9 Å². The van der Waals surface area contributed by atoms with Gasteiger partial charge in [-0.1, -0.05) is 358 Å². The molecular weight excluding hydrogens is 1020 g/mol. The molecule has 0 aromatic rings. The Labute approximate surface area is 517 Å². The molecule has 0 saturated heterocycles. The number of hydrogen-bond acceptors (Lipinski definition) is 6. The summed E-state index contributed by atoms with van der Waals surface area (Å²) < 4.78 is 17.0. The van der Waals surface area contributed by atoms with Gasteiger partial charge in [-0.2, -0.15) is 0 Å². The number of rotatable bonds is 68. The molecule has 83 heavy (non-hydrogen) atoms. The van der Waals surface area contributed by atoms with Crippen molar-refractivity contribution in [2.75, 3.05) is 13.2 Å². The van der Waals surface area contributed by atoms with Gasteiger partial charge < -0.3 is 14.2 Å². The highest BCUT2D eigenvalue weighted by molar-refractivity contribution is 5.71. The largest absolute Gasteiger partial charge is 0.462 e. The lowest BCUT2D eigenvalue weighted by molar-refractivity contribution is -0.167. The lowest BCUT2D eigenvalue weighted by Gasteiger charge is -2.18. The second-order valence-corrected chi connectivity index (χ2v) is 24.8. The molecule has 0 bridgehead atoms. The SMILES string of the molecule is CC/C=C\C/C=C\C/C=C\CCCCCCCCCC(=O)OC(COC(=O)CCCCCCC/C=C\C/C=C\CCCC)COC(=O)CCCCCCCCCCCCCCCCCCCCCCCCCCCCCCCCCCCC. The fraction of sp³-hybridized carbons (Fsp3) is 0.831. The standard InChI is InChI=1S/C77H140O6/c1-4-7-10-13-16-19-22-25-28-30-31-32-33-34-35-36-37-38-39-40-41-42-43-44-45-46-48-49-52-55-58-61-64-67-70-76(79)82-73-74(72-81-75(78)69-66-63-60-57-54-51-27-24-21-18-15-12-9-6-3)83-77(80)71-68-65-62-59-56-53-50-47-29-26-23-20-17-14-11-8-5-2/h8,11,15,17-18,20,24,26-27,29,74H,4-7,9-10,12-14,16,19,21-23,25,28,30-73H2,1-3H3/b11-8-,18-15-,20-17-,27-24-,29-26-. The Morgan fingerprint density at radius 1 is 0.253 bits per heavy atom. The predicted molar refractivity (Wildman–Crippen MR) is 362 cm³/mol. The summed E-state index contributed by atoms with van der Waals surface area (Å²) >= 11 is 0. The van der Waals surface area contributed by atoms with E-state index in [9.17, 15) is 14.4 Å². The summed E-state index contributed by atoms with van der Waals surface area (Å²) in [4.78, 5) is 38.4. The summed E-state index contributed by atoms with van der Waals surface area (Å²) in [7, 11) is 0. The fourth-order valence-electron chi connectivity index (χ4n) is 11.0. The summed E-state index contributed by atoms with van der Waals surface area (Å²) in [5.74, 6) is -0.883. The van der Waals surface area contributed by atoms with Gasteiger partial charge in [0.2, 0.25) is 0 Å². The Kier molecular flexibility index (Phi) is 69.1. The van der Waals surface area contributed by atoms with Gasteiger partial charge in [-0.25, -0.2) is 0 Å². The second kappa shape index (κ2) is 71.6. The minimum absolute atomic E-state index is 0.0797. The molecule has 0 aromatic heterocycles. The Hall–Kier alpha value is -2.89. The predicted octanol–water partition coefficient (Wildman–Crippen LogP) is 25.5. The van der Waals surface area contributed by atoms with Crippen LogP contribution in [0.15, 0.2) is 60.8 Å². The van der Waals surface area contributed by atoms with Crippen molar-refractivity contribution < 1.29 is 28.6 Å². The molecule has 0 amide bonds. The van der Waals surface area contributed by atoms with Gasteiger partial charge in [0.05, 0.1) is 0 Å². The maximum absolute atomic E-state index is 12.9. The van der Waals surface area contributed by atoms with E-state index in [1.165, 1.54) is 250 Å². The van der Waals surface area contributed by atoms with Crippen molar-refractivity contribution >= 4 is 17.9 Å². The highest BCUT2D eigenvalue weighted by Crippen LogP contribution is 2.19. The summed E-state index contributed by atoms with van der Waals surface area (Å²) in [5.41, 5.74) is 0. The Bertz CT molecular complexity index is 1470. The van der Waals surface area contributed by atoms with Gasteiger partial charge in [0.1, 0.15) is 13.2 Å². The second-order valence-electron chi connectivity index (χ2n) is 24.8. The van der Waals surface area contributed by atoms with Crippen LogP contribution in [0.2, 0.25) is 0 Å². The van der Waals surface area contributed by atoms with Crippen LogP contribution in [0, 0.1) is 0 Å². The van der Waals surface area contributed by atoms with Crippen LogP contribution in [0.1, 0.15) is 393 Å². The van der Waals surface area contributed by atoms with Gasteiger partial charge in [0.25, 0.3) is 0 Å². The van der Waals surface area contributed by atoms with E-state index < -0.39 is 6.10 Å². The van der Waals surface area contributed by atoms with Crippen LogP contribution < -0.4 is 0 Å². The van der Waals surface area contributed by atoms with Crippen LogP contribution >= 0.6 is 0 Å². The van der Waals surface area contributed by atoms with E-state index in [0.29, 0.717) is 19.3 Å². The number of allylic oxidation sites excluding steroid dienone is 10. The zero-order valence-electron chi connectivity index (χ0n) is 55.7. The maximum Gasteiger partial charge on any atom is 0.306 e. The first kappa shape index (κ1) is 80.1. The van der Waals surface area contributed by atoms with Crippen molar-refractivity contribution in [3.05, 3.63) is 60.8 Å². The van der Waals surface area contributed by atoms with Gasteiger partial charge in [-0.05, 0) is 77.0 Å². The molecule has 1 atom stereocenters. The molecule has 484 valence electrons. The average molecular weight is 1160 g/mol. The lowest BCUT2D eigenvalue weighted by atomic mass is 10.0. The Morgan fingerprint density at radius 2 is 0.482 bits per heavy atom. The molecule has 6 heteroatoms. The molecule has 1 unspecified atom stereocenters. The third-order valence-corrected chi connectivity index (χ3v) is 16.5. The zero-order chi connectivity index (χ0) is 59.9. The highest BCUT2D eigenvalue weighted by Gasteiger charge is 2.19. The zero-order valence-corrected chi connectivity index (χ0v) is 55.7. The van der Waals surface area contributed by atoms with Crippen molar-refractivity contribution in [3.8, 4) is 0 Å². The number of esters is 3. The van der Waals surface area contributed by atoms with E-state index in [-0.39, 0.29) is 31.1 Å². The maximum atomic E-state index is 12.9. The third-order valence-electron chi connectivity index (χ3n) is 16.5. The van der Waals surface area contributed by atoms with Crippen molar-refractivity contribution in [3.63, 3.8) is 0 Å². The smallest absolute Gasteiger partial charge is 0.306 e. The van der Waals surface area contributed by atoms with E-state index in [2.05, 4.69) is 81.5 Å². The third kappa shape index (κ3) is 69.8. The normalized spacial score (nSPS) is 12.4. The minimum atomic E-state index is -0.786. The molecule has 6 nitrogen and oxygen atoms in total. The topological polar surface area (TPSA) is 78.9 Å². The van der Waals surface area contributed by atoms with E-state index in [4.69, 9.17) is 14.2 Å². The number of hydrogen-bond donors (Lipinski definition) is 0. The molecule has 0 fully saturated rings. The summed E-state index contributed by atoms with van der Waals surface area (Å²) in [6, 6.07) is 0. The molecule has 0 rings (SSSR count). The van der Waals surface area contributed by atoms with Crippen LogP contribution in [-0.2, 0) is 28.6 Å². The van der Waals surface area contributed by atoms with Crippen molar-refractivity contribution in [1.29, 1.82) is 0 Å². The first-order chi connectivity index (χ1) is 41.0. The molecule has 0 aliphatic carbocycles. The van der Waals surface area contributed by atoms with Crippen molar-refractivity contribution in [1.82, 2.24) is 0 Å². The Balaban J connectivity index is 4.11. The first-order valence-electron chi connectivity index (χ1n) is 36.8. The monoisotopic (exact) mass is 1160 g/mol. The molecule has 0 aliphatic rings. The van der Waals surface area contributed by atoms with Crippen LogP contribution in [0.5, 0.6) is 0 Å². The van der Waals surface area contributed by atoms with E-state index in [1.54, 1.807) is 0 Å². The van der Waals surface area contributed by atoms with E-state index in [1.807, 2.05) is 0 Å². The molecule has 0 saturated carbocycles. The molecule has 0 aliphatic heterocycles.